The number of aliphatic carboxylic acids is 1. The fourth-order valence-electron chi connectivity index (χ4n) is 2.76. The van der Waals surface area contributed by atoms with Crippen molar-refractivity contribution in [3.8, 4) is 0 Å². The first-order chi connectivity index (χ1) is 8.65. The van der Waals surface area contributed by atoms with E-state index in [9.17, 15) is 4.79 Å². The molecule has 1 saturated carbocycles. The van der Waals surface area contributed by atoms with Gasteiger partial charge in [-0.1, -0.05) is 6.42 Å². The highest BCUT2D eigenvalue weighted by Gasteiger charge is 2.27. The molecule has 3 atom stereocenters. The number of carboxylic acid groups (broad SMARTS) is 1. The van der Waals surface area contributed by atoms with Crippen molar-refractivity contribution in [1.82, 2.24) is 5.32 Å². The summed E-state index contributed by atoms with van der Waals surface area (Å²) < 4.78 is 5.32. The third-order valence-corrected chi connectivity index (χ3v) is 3.63. The zero-order valence-electron chi connectivity index (χ0n) is 10.8. The predicted molar refractivity (Wildman–Crippen MR) is 68.4 cm³/mol. The summed E-state index contributed by atoms with van der Waals surface area (Å²) >= 11 is 0. The van der Waals surface area contributed by atoms with E-state index in [0.29, 0.717) is 12.1 Å². The standard InChI is InChI=1S/C14H21NO3/c1-10(8-13-6-3-7-18-13)15-12-5-2-4-11(9-12)14(16)17/h3,6-7,10-12,15H,2,4-5,8-9H2,1H3,(H,16,17). The van der Waals surface area contributed by atoms with Gasteiger partial charge in [0.25, 0.3) is 0 Å². The van der Waals surface area contributed by atoms with E-state index in [1.807, 2.05) is 12.1 Å². The van der Waals surface area contributed by atoms with Gasteiger partial charge in [0.1, 0.15) is 5.76 Å². The van der Waals surface area contributed by atoms with E-state index < -0.39 is 5.97 Å². The Hall–Kier alpha value is -1.29. The van der Waals surface area contributed by atoms with Crippen LogP contribution in [-0.2, 0) is 11.2 Å². The van der Waals surface area contributed by atoms with Crippen molar-refractivity contribution in [2.24, 2.45) is 5.92 Å². The summed E-state index contributed by atoms with van der Waals surface area (Å²) in [6, 6.07) is 4.50. The second-order valence-electron chi connectivity index (χ2n) is 5.25. The Morgan fingerprint density at radius 1 is 1.61 bits per heavy atom. The van der Waals surface area contributed by atoms with Gasteiger partial charge in [-0.3, -0.25) is 4.79 Å². The first-order valence-electron chi connectivity index (χ1n) is 6.66. The topological polar surface area (TPSA) is 62.5 Å². The highest BCUT2D eigenvalue weighted by Crippen LogP contribution is 2.25. The van der Waals surface area contributed by atoms with Gasteiger partial charge in [0.05, 0.1) is 12.2 Å². The summed E-state index contributed by atoms with van der Waals surface area (Å²) in [6.07, 6.45) is 6.18. The van der Waals surface area contributed by atoms with E-state index in [1.54, 1.807) is 6.26 Å². The van der Waals surface area contributed by atoms with Crippen LogP contribution in [0.1, 0.15) is 38.4 Å². The van der Waals surface area contributed by atoms with Crippen molar-refractivity contribution < 1.29 is 14.3 Å². The van der Waals surface area contributed by atoms with Crippen molar-refractivity contribution in [2.45, 2.75) is 51.1 Å². The van der Waals surface area contributed by atoms with Gasteiger partial charge in [-0.15, -0.1) is 0 Å². The lowest BCUT2D eigenvalue weighted by Gasteiger charge is -2.29. The number of carbonyl (C=O) groups is 1. The van der Waals surface area contributed by atoms with Crippen molar-refractivity contribution in [1.29, 1.82) is 0 Å². The average Bonchev–Trinajstić information content (AvgIpc) is 2.82. The zero-order chi connectivity index (χ0) is 13.0. The van der Waals surface area contributed by atoms with Gasteiger partial charge in [0.15, 0.2) is 0 Å². The maximum absolute atomic E-state index is 11.0. The van der Waals surface area contributed by atoms with Crippen LogP contribution < -0.4 is 5.32 Å². The number of carboxylic acids is 1. The Bertz CT molecular complexity index is 374. The van der Waals surface area contributed by atoms with Crippen LogP contribution in [0.4, 0.5) is 0 Å². The molecule has 2 rings (SSSR count). The maximum atomic E-state index is 11.0. The Morgan fingerprint density at radius 3 is 3.11 bits per heavy atom. The third-order valence-electron chi connectivity index (χ3n) is 3.63. The number of furan rings is 1. The highest BCUT2D eigenvalue weighted by atomic mass is 16.4. The summed E-state index contributed by atoms with van der Waals surface area (Å²) in [6.45, 7) is 2.12. The van der Waals surface area contributed by atoms with Crippen LogP contribution in [0.2, 0.25) is 0 Å². The minimum atomic E-state index is -0.653. The molecule has 0 bridgehead atoms. The molecule has 1 aromatic rings. The molecule has 0 radical (unpaired) electrons. The molecule has 18 heavy (non-hydrogen) atoms. The molecule has 3 unspecified atom stereocenters. The zero-order valence-corrected chi connectivity index (χ0v) is 10.8. The minimum absolute atomic E-state index is 0.174. The summed E-state index contributed by atoms with van der Waals surface area (Å²) in [4.78, 5) is 11.0. The summed E-state index contributed by atoms with van der Waals surface area (Å²) in [7, 11) is 0. The SMILES string of the molecule is CC(Cc1ccco1)NC1CCCC(C(=O)O)C1. The fourth-order valence-corrected chi connectivity index (χ4v) is 2.76. The Labute approximate surface area is 107 Å². The lowest BCUT2D eigenvalue weighted by Crippen LogP contribution is -2.41. The van der Waals surface area contributed by atoms with E-state index in [4.69, 9.17) is 9.52 Å². The Kier molecular flexibility index (Phi) is 4.42. The van der Waals surface area contributed by atoms with Crippen molar-refractivity contribution in [2.75, 3.05) is 0 Å². The van der Waals surface area contributed by atoms with Gasteiger partial charge in [0, 0.05) is 18.5 Å². The van der Waals surface area contributed by atoms with E-state index in [1.165, 1.54) is 0 Å². The summed E-state index contributed by atoms with van der Waals surface area (Å²) in [5.41, 5.74) is 0. The molecule has 4 nitrogen and oxygen atoms in total. The molecule has 1 heterocycles. The average molecular weight is 251 g/mol. The van der Waals surface area contributed by atoms with Gasteiger partial charge in [-0.05, 0) is 38.3 Å². The van der Waals surface area contributed by atoms with Gasteiger partial charge < -0.3 is 14.8 Å². The molecule has 2 N–H and O–H groups in total. The molecule has 100 valence electrons. The molecule has 1 aliphatic rings. The number of hydrogen-bond donors (Lipinski definition) is 2. The van der Waals surface area contributed by atoms with Crippen LogP contribution >= 0.6 is 0 Å². The molecule has 1 aromatic heterocycles. The number of nitrogens with one attached hydrogen (secondary N) is 1. The fraction of sp³-hybridized carbons (Fsp3) is 0.643. The molecular weight excluding hydrogens is 230 g/mol. The first-order valence-corrected chi connectivity index (χ1v) is 6.66. The van der Waals surface area contributed by atoms with Crippen LogP contribution in [0.15, 0.2) is 22.8 Å². The van der Waals surface area contributed by atoms with Crippen LogP contribution in [0.5, 0.6) is 0 Å². The molecule has 0 spiro atoms. The smallest absolute Gasteiger partial charge is 0.306 e. The van der Waals surface area contributed by atoms with Crippen molar-refractivity contribution >= 4 is 5.97 Å². The monoisotopic (exact) mass is 251 g/mol. The van der Waals surface area contributed by atoms with E-state index >= 15 is 0 Å². The second kappa shape index (κ2) is 6.05. The molecule has 1 fully saturated rings. The predicted octanol–water partition coefficient (Wildman–Crippen LogP) is 2.44. The van der Waals surface area contributed by atoms with E-state index in [0.717, 1.165) is 37.9 Å². The number of rotatable bonds is 5. The van der Waals surface area contributed by atoms with Gasteiger partial charge >= 0.3 is 5.97 Å². The van der Waals surface area contributed by atoms with Crippen molar-refractivity contribution in [3.63, 3.8) is 0 Å². The first kappa shape index (κ1) is 13.1. The van der Waals surface area contributed by atoms with Crippen LogP contribution in [-0.4, -0.2) is 23.2 Å². The van der Waals surface area contributed by atoms with Crippen LogP contribution in [0, 0.1) is 5.92 Å². The molecule has 1 aliphatic carbocycles. The van der Waals surface area contributed by atoms with Crippen LogP contribution in [0.25, 0.3) is 0 Å². The lowest BCUT2D eigenvalue weighted by molar-refractivity contribution is -0.143. The molecule has 4 heteroatoms. The molecular formula is C14H21NO3. The quantitative estimate of drug-likeness (QED) is 0.843. The summed E-state index contributed by atoms with van der Waals surface area (Å²) in [5.74, 6) is 0.146. The molecule has 0 aliphatic heterocycles. The minimum Gasteiger partial charge on any atom is -0.481 e. The second-order valence-corrected chi connectivity index (χ2v) is 5.25. The highest BCUT2D eigenvalue weighted by molar-refractivity contribution is 5.70. The summed E-state index contributed by atoms with van der Waals surface area (Å²) in [5, 5.41) is 12.6. The van der Waals surface area contributed by atoms with E-state index in [-0.39, 0.29) is 5.92 Å². The third kappa shape index (κ3) is 3.60. The van der Waals surface area contributed by atoms with Gasteiger partial charge in [-0.2, -0.15) is 0 Å². The molecule has 0 aromatic carbocycles. The van der Waals surface area contributed by atoms with Gasteiger partial charge in [0.2, 0.25) is 0 Å². The maximum Gasteiger partial charge on any atom is 0.306 e. The Morgan fingerprint density at radius 2 is 2.44 bits per heavy atom. The lowest BCUT2D eigenvalue weighted by atomic mass is 9.85. The van der Waals surface area contributed by atoms with Crippen LogP contribution in [0.3, 0.4) is 0 Å². The van der Waals surface area contributed by atoms with Crippen molar-refractivity contribution in [3.05, 3.63) is 24.2 Å². The molecule has 0 amide bonds. The molecule has 0 saturated heterocycles. The number of hydrogen-bond acceptors (Lipinski definition) is 3. The Balaban J connectivity index is 1.79. The van der Waals surface area contributed by atoms with E-state index in [2.05, 4.69) is 12.2 Å². The normalized spacial score (nSPS) is 25.8. The largest absolute Gasteiger partial charge is 0.481 e. The van der Waals surface area contributed by atoms with Gasteiger partial charge in [-0.25, -0.2) is 0 Å².